The Hall–Kier alpha value is -0.330. The third-order valence-electron chi connectivity index (χ3n) is 3.39. The highest BCUT2D eigenvalue weighted by Gasteiger charge is 2.31. The summed E-state index contributed by atoms with van der Waals surface area (Å²) in [6.07, 6.45) is -2.43. The predicted molar refractivity (Wildman–Crippen MR) is 64.4 cm³/mol. The van der Waals surface area contributed by atoms with E-state index in [1.807, 2.05) is 18.9 Å². The van der Waals surface area contributed by atoms with Crippen LogP contribution >= 0.6 is 0 Å². The molecule has 0 radical (unpaired) electrons. The Morgan fingerprint density at radius 1 is 1.39 bits per heavy atom. The molecule has 18 heavy (non-hydrogen) atoms. The van der Waals surface area contributed by atoms with E-state index in [-0.39, 0.29) is 18.1 Å². The molecule has 1 rings (SSSR count). The van der Waals surface area contributed by atoms with Gasteiger partial charge >= 0.3 is 6.18 Å². The molecule has 1 aliphatic heterocycles. The Morgan fingerprint density at radius 2 is 2.06 bits per heavy atom. The standard InChI is InChI=1S/C12H23F3N2O/c1-3-11(18)5-9-4-10(7-17(2)6-9)16-8-12(13,14)15/h9-11,16,18H,3-8H2,1-2H3. The van der Waals surface area contributed by atoms with E-state index in [4.69, 9.17) is 0 Å². The molecule has 0 aromatic heterocycles. The maximum Gasteiger partial charge on any atom is 0.401 e. The maximum absolute atomic E-state index is 12.2. The van der Waals surface area contributed by atoms with Crippen molar-refractivity contribution < 1.29 is 18.3 Å². The molecule has 0 bridgehead atoms. The molecule has 108 valence electrons. The summed E-state index contributed by atoms with van der Waals surface area (Å²) in [7, 11) is 1.91. The molecule has 0 amide bonds. The molecule has 0 saturated carbocycles. The molecule has 1 aliphatic rings. The molecular weight excluding hydrogens is 245 g/mol. The summed E-state index contributed by atoms with van der Waals surface area (Å²) in [6, 6.07) is -0.139. The van der Waals surface area contributed by atoms with Gasteiger partial charge in [-0.1, -0.05) is 6.92 Å². The lowest BCUT2D eigenvalue weighted by molar-refractivity contribution is -0.127. The van der Waals surface area contributed by atoms with Gasteiger partial charge in [0.2, 0.25) is 0 Å². The lowest BCUT2D eigenvalue weighted by Gasteiger charge is -2.37. The van der Waals surface area contributed by atoms with E-state index in [9.17, 15) is 18.3 Å². The number of nitrogens with one attached hydrogen (secondary N) is 1. The van der Waals surface area contributed by atoms with Crippen molar-refractivity contribution in [3.05, 3.63) is 0 Å². The number of alkyl halides is 3. The third kappa shape index (κ3) is 6.02. The van der Waals surface area contributed by atoms with Crippen LogP contribution in [0.2, 0.25) is 0 Å². The van der Waals surface area contributed by atoms with Gasteiger partial charge in [0.05, 0.1) is 12.6 Å². The van der Waals surface area contributed by atoms with E-state index in [1.54, 1.807) is 0 Å². The highest BCUT2D eigenvalue weighted by atomic mass is 19.4. The first kappa shape index (κ1) is 15.7. The highest BCUT2D eigenvalue weighted by molar-refractivity contribution is 4.83. The third-order valence-corrected chi connectivity index (χ3v) is 3.39. The average Bonchev–Trinajstić information content (AvgIpc) is 2.24. The smallest absolute Gasteiger partial charge is 0.393 e. The highest BCUT2D eigenvalue weighted by Crippen LogP contribution is 2.22. The van der Waals surface area contributed by atoms with Crippen LogP contribution < -0.4 is 5.32 Å². The van der Waals surface area contributed by atoms with Gasteiger partial charge in [0, 0.05) is 19.1 Å². The number of rotatable bonds is 5. The Balaban J connectivity index is 2.40. The lowest BCUT2D eigenvalue weighted by Crippen LogP contribution is -2.50. The van der Waals surface area contributed by atoms with Gasteiger partial charge in [-0.2, -0.15) is 13.2 Å². The maximum atomic E-state index is 12.2. The number of piperidine rings is 1. The summed E-state index contributed by atoms with van der Waals surface area (Å²) in [5.41, 5.74) is 0. The molecule has 0 spiro atoms. The minimum Gasteiger partial charge on any atom is -0.393 e. The minimum absolute atomic E-state index is 0.139. The molecule has 6 heteroatoms. The molecule has 1 saturated heterocycles. The Bertz CT molecular complexity index is 248. The van der Waals surface area contributed by atoms with Crippen molar-refractivity contribution >= 4 is 0 Å². The van der Waals surface area contributed by atoms with Crippen molar-refractivity contribution in [2.45, 2.75) is 44.5 Å². The number of halogens is 3. The molecule has 0 aliphatic carbocycles. The molecule has 0 aromatic rings. The average molecular weight is 268 g/mol. The fourth-order valence-electron chi connectivity index (χ4n) is 2.57. The number of aliphatic hydroxyl groups is 1. The SMILES string of the molecule is CCC(O)CC1CC(NCC(F)(F)F)CN(C)C1. The van der Waals surface area contributed by atoms with Crippen LogP contribution in [-0.4, -0.2) is 55.0 Å². The van der Waals surface area contributed by atoms with E-state index in [0.717, 1.165) is 6.54 Å². The van der Waals surface area contributed by atoms with Gasteiger partial charge in [-0.3, -0.25) is 0 Å². The summed E-state index contributed by atoms with van der Waals surface area (Å²) >= 11 is 0. The van der Waals surface area contributed by atoms with Gasteiger partial charge in [0.25, 0.3) is 0 Å². The van der Waals surface area contributed by atoms with Crippen molar-refractivity contribution in [2.75, 3.05) is 26.7 Å². The molecular formula is C12H23F3N2O. The number of hydrogen-bond donors (Lipinski definition) is 2. The van der Waals surface area contributed by atoms with Crippen molar-refractivity contribution in [2.24, 2.45) is 5.92 Å². The van der Waals surface area contributed by atoms with E-state index in [1.165, 1.54) is 0 Å². The molecule has 1 heterocycles. The zero-order valence-electron chi connectivity index (χ0n) is 11.0. The molecule has 0 aromatic carbocycles. The van der Waals surface area contributed by atoms with E-state index < -0.39 is 12.7 Å². The quantitative estimate of drug-likeness (QED) is 0.795. The Labute approximate surface area is 106 Å². The van der Waals surface area contributed by atoms with E-state index >= 15 is 0 Å². The second kappa shape index (κ2) is 6.73. The first-order valence-corrected chi connectivity index (χ1v) is 6.47. The first-order chi connectivity index (χ1) is 8.30. The lowest BCUT2D eigenvalue weighted by atomic mass is 9.89. The number of nitrogens with zero attached hydrogens (tertiary/aromatic N) is 1. The van der Waals surface area contributed by atoms with E-state index in [2.05, 4.69) is 5.32 Å². The summed E-state index contributed by atoms with van der Waals surface area (Å²) < 4.78 is 36.5. The van der Waals surface area contributed by atoms with Crippen LogP contribution in [0.25, 0.3) is 0 Å². The second-order valence-corrected chi connectivity index (χ2v) is 5.31. The summed E-state index contributed by atoms with van der Waals surface area (Å²) in [5.74, 6) is 0.268. The van der Waals surface area contributed by atoms with Crippen molar-refractivity contribution in [1.29, 1.82) is 0 Å². The van der Waals surface area contributed by atoms with Gasteiger partial charge in [-0.25, -0.2) is 0 Å². The van der Waals surface area contributed by atoms with Gasteiger partial charge in [-0.15, -0.1) is 0 Å². The van der Waals surface area contributed by atoms with Crippen molar-refractivity contribution in [3.8, 4) is 0 Å². The van der Waals surface area contributed by atoms with Gasteiger partial charge in [0.15, 0.2) is 0 Å². The van der Waals surface area contributed by atoms with Crippen LogP contribution in [0.5, 0.6) is 0 Å². The molecule has 1 fully saturated rings. The Morgan fingerprint density at radius 3 is 2.61 bits per heavy atom. The second-order valence-electron chi connectivity index (χ2n) is 5.31. The van der Waals surface area contributed by atoms with E-state index in [0.29, 0.717) is 25.8 Å². The summed E-state index contributed by atoms with van der Waals surface area (Å²) in [5, 5.41) is 12.2. The predicted octanol–water partition coefficient (Wildman–Crippen LogP) is 1.62. The molecule has 3 atom stereocenters. The monoisotopic (exact) mass is 268 g/mol. The number of likely N-dealkylation sites (N-methyl/N-ethyl adjacent to an activating group) is 1. The zero-order valence-corrected chi connectivity index (χ0v) is 11.0. The number of likely N-dealkylation sites (tertiary alicyclic amines) is 1. The van der Waals surface area contributed by atoms with Crippen LogP contribution in [0.4, 0.5) is 13.2 Å². The van der Waals surface area contributed by atoms with Gasteiger partial charge < -0.3 is 15.3 Å². The summed E-state index contributed by atoms with van der Waals surface area (Å²) in [4.78, 5) is 2.03. The van der Waals surface area contributed by atoms with Gasteiger partial charge in [0.1, 0.15) is 0 Å². The first-order valence-electron chi connectivity index (χ1n) is 6.47. The van der Waals surface area contributed by atoms with Crippen molar-refractivity contribution in [1.82, 2.24) is 10.2 Å². The fraction of sp³-hybridized carbons (Fsp3) is 1.00. The zero-order chi connectivity index (χ0) is 13.8. The fourth-order valence-corrected chi connectivity index (χ4v) is 2.57. The number of hydrogen-bond acceptors (Lipinski definition) is 3. The minimum atomic E-state index is -4.16. The molecule has 3 unspecified atom stereocenters. The van der Waals surface area contributed by atoms with Crippen LogP contribution in [-0.2, 0) is 0 Å². The van der Waals surface area contributed by atoms with Crippen LogP contribution in [0, 0.1) is 5.92 Å². The Kier molecular flexibility index (Phi) is 5.88. The topological polar surface area (TPSA) is 35.5 Å². The largest absolute Gasteiger partial charge is 0.401 e. The molecule has 2 N–H and O–H groups in total. The van der Waals surface area contributed by atoms with Crippen LogP contribution in [0.15, 0.2) is 0 Å². The van der Waals surface area contributed by atoms with Gasteiger partial charge in [-0.05, 0) is 32.2 Å². The number of aliphatic hydroxyl groups excluding tert-OH is 1. The van der Waals surface area contributed by atoms with Crippen LogP contribution in [0.3, 0.4) is 0 Å². The van der Waals surface area contributed by atoms with Crippen molar-refractivity contribution in [3.63, 3.8) is 0 Å². The van der Waals surface area contributed by atoms with Crippen LogP contribution in [0.1, 0.15) is 26.2 Å². The normalized spacial score (nSPS) is 28.3. The molecule has 3 nitrogen and oxygen atoms in total. The summed E-state index contributed by atoms with van der Waals surface area (Å²) in [6.45, 7) is 2.46.